The summed E-state index contributed by atoms with van der Waals surface area (Å²) in [6.07, 6.45) is -0.858. The van der Waals surface area contributed by atoms with Crippen LogP contribution in [0.5, 0.6) is 5.75 Å². The summed E-state index contributed by atoms with van der Waals surface area (Å²) in [6.45, 7) is 1.43. The molecule has 0 aliphatic carbocycles. The number of carboxylic acids is 1. The van der Waals surface area contributed by atoms with Crippen molar-refractivity contribution in [2.45, 2.75) is 17.9 Å². The topological polar surface area (TPSA) is 130 Å². The molecule has 0 spiro atoms. The van der Waals surface area contributed by atoms with Gasteiger partial charge in [0.15, 0.2) is 6.10 Å². The molecular weight excluding hydrogens is 260 g/mol. The van der Waals surface area contributed by atoms with Crippen LogP contribution >= 0.6 is 0 Å². The first-order valence-electron chi connectivity index (χ1n) is 4.72. The number of aromatic carboxylic acids is 1. The molecule has 1 rings (SSSR count). The van der Waals surface area contributed by atoms with Gasteiger partial charge in [-0.15, -0.1) is 0 Å². The van der Waals surface area contributed by atoms with Crippen molar-refractivity contribution in [1.82, 2.24) is 0 Å². The zero-order chi connectivity index (χ0) is 13.9. The Balaban J connectivity index is 3.31. The lowest BCUT2D eigenvalue weighted by molar-refractivity contribution is 0.0691. The van der Waals surface area contributed by atoms with Crippen molar-refractivity contribution in [3.05, 3.63) is 23.8 Å². The number of hydrogen-bond acceptors (Lipinski definition) is 5. The zero-order valence-corrected chi connectivity index (χ0v) is 10.1. The first-order valence-corrected chi connectivity index (χ1v) is 6.26. The van der Waals surface area contributed by atoms with E-state index in [1.165, 1.54) is 6.92 Å². The fraction of sp³-hybridized carbons (Fsp3) is 0.200. The van der Waals surface area contributed by atoms with Crippen LogP contribution in [0.3, 0.4) is 0 Å². The number of carbonyl (C=O) groups is 1. The molecule has 1 aromatic carbocycles. The molecule has 1 unspecified atom stereocenters. The largest absolute Gasteiger partial charge is 0.478 e. The molecule has 0 aliphatic rings. The van der Waals surface area contributed by atoms with Crippen LogP contribution in [0.4, 0.5) is 0 Å². The van der Waals surface area contributed by atoms with Gasteiger partial charge in [0, 0.05) is 0 Å². The molecular formula is C10H10N2O5S. The van der Waals surface area contributed by atoms with E-state index in [1.807, 2.05) is 0 Å². The average molecular weight is 270 g/mol. The number of primary sulfonamides is 1. The number of carboxylic acid groups (broad SMARTS) is 1. The van der Waals surface area contributed by atoms with Crippen LogP contribution in [0, 0.1) is 11.3 Å². The monoisotopic (exact) mass is 270 g/mol. The van der Waals surface area contributed by atoms with Crippen LogP contribution in [0.1, 0.15) is 17.3 Å². The summed E-state index contributed by atoms with van der Waals surface area (Å²) in [7, 11) is -3.99. The third kappa shape index (κ3) is 3.19. The third-order valence-electron chi connectivity index (χ3n) is 2.00. The van der Waals surface area contributed by atoms with Gasteiger partial charge in [0.25, 0.3) is 0 Å². The maximum Gasteiger partial charge on any atom is 0.339 e. The van der Waals surface area contributed by atoms with Crippen LogP contribution in [0.15, 0.2) is 23.1 Å². The van der Waals surface area contributed by atoms with Gasteiger partial charge in [-0.1, -0.05) is 0 Å². The Morgan fingerprint density at radius 1 is 1.56 bits per heavy atom. The Hall–Kier alpha value is -2.11. The molecule has 0 aliphatic heterocycles. The number of nitriles is 1. The molecule has 18 heavy (non-hydrogen) atoms. The second kappa shape index (κ2) is 5.03. The van der Waals surface area contributed by atoms with Crippen molar-refractivity contribution in [2.24, 2.45) is 5.14 Å². The van der Waals surface area contributed by atoms with Gasteiger partial charge in [-0.05, 0) is 25.1 Å². The molecule has 8 heteroatoms. The van der Waals surface area contributed by atoms with E-state index in [4.69, 9.17) is 20.2 Å². The van der Waals surface area contributed by atoms with Crippen molar-refractivity contribution >= 4 is 16.0 Å². The van der Waals surface area contributed by atoms with Gasteiger partial charge in [-0.25, -0.2) is 18.4 Å². The maximum absolute atomic E-state index is 11.1. The molecule has 96 valence electrons. The fourth-order valence-electron chi connectivity index (χ4n) is 1.17. The highest BCUT2D eigenvalue weighted by Gasteiger charge is 2.18. The molecule has 7 nitrogen and oxygen atoms in total. The smallest absolute Gasteiger partial charge is 0.339 e. The number of hydrogen-bond donors (Lipinski definition) is 2. The van der Waals surface area contributed by atoms with Gasteiger partial charge in [-0.3, -0.25) is 0 Å². The van der Waals surface area contributed by atoms with Crippen LogP contribution in [-0.4, -0.2) is 25.6 Å². The maximum atomic E-state index is 11.1. The van der Waals surface area contributed by atoms with E-state index in [1.54, 1.807) is 6.07 Å². The highest BCUT2D eigenvalue weighted by Crippen LogP contribution is 2.23. The summed E-state index contributed by atoms with van der Waals surface area (Å²) in [5, 5.41) is 22.4. The van der Waals surface area contributed by atoms with Gasteiger partial charge < -0.3 is 9.84 Å². The highest BCUT2D eigenvalue weighted by atomic mass is 32.2. The Labute approximate surface area is 103 Å². The van der Waals surface area contributed by atoms with Crippen molar-refractivity contribution in [2.75, 3.05) is 0 Å². The predicted molar refractivity (Wildman–Crippen MR) is 60.5 cm³/mol. The number of nitrogens with two attached hydrogens (primary N) is 1. The fourth-order valence-corrected chi connectivity index (χ4v) is 1.71. The molecule has 0 saturated heterocycles. The number of ether oxygens (including phenoxy) is 1. The van der Waals surface area contributed by atoms with E-state index in [2.05, 4.69) is 0 Å². The van der Waals surface area contributed by atoms with Gasteiger partial charge in [0.05, 0.1) is 4.90 Å². The summed E-state index contributed by atoms with van der Waals surface area (Å²) >= 11 is 0. The second-order valence-corrected chi connectivity index (χ2v) is 4.96. The Bertz CT molecular complexity index is 618. The number of rotatable bonds is 4. The van der Waals surface area contributed by atoms with Crippen LogP contribution < -0.4 is 9.88 Å². The van der Waals surface area contributed by atoms with Crippen molar-refractivity contribution in [3.8, 4) is 11.8 Å². The predicted octanol–water partition coefficient (Wildman–Crippen LogP) is 0.323. The zero-order valence-electron chi connectivity index (χ0n) is 9.32. The lowest BCUT2D eigenvalue weighted by atomic mass is 10.2. The Morgan fingerprint density at radius 3 is 2.61 bits per heavy atom. The summed E-state index contributed by atoms with van der Waals surface area (Å²) in [5.74, 6) is -1.47. The minimum Gasteiger partial charge on any atom is -0.478 e. The summed E-state index contributed by atoms with van der Waals surface area (Å²) in [4.78, 5) is 10.6. The van der Waals surface area contributed by atoms with Crippen LogP contribution in [-0.2, 0) is 10.0 Å². The van der Waals surface area contributed by atoms with Crippen LogP contribution in [0.2, 0.25) is 0 Å². The minimum absolute atomic E-state index is 0.0936. The molecule has 0 saturated carbocycles. The summed E-state index contributed by atoms with van der Waals surface area (Å²) < 4.78 is 27.2. The standard InChI is InChI=1S/C10H10N2O5S/c1-6(5-11)17-9-3-2-7(18(12,15)16)4-8(9)10(13)14/h2-4,6H,1H3,(H,13,14)(H2,12,15,16). The molecule has 0 amide bonds. The number of benzene rings is 1. The third-order valence-corrected chi connectivity index (χ3v) is 2.91. The van der Waals surface area contributed by atoms with Gasteiger partial charge >= 0.3 is 5.97 Å². The number of sulfonamides is 1. The van der Waals surface area contributed by atoms with Gasteiger partial charge in [-0.2, -0.15) is 5.26 Å². The van der Waals surface area contributed by atoms with E-state index >= 15 is 0 Å². The first kappa shape index (κ1) is 14.0. The van der Waals surface area contributed by atoms with E-state index in [0.717, 1.165) is 18.2 Å². The van der Waals surface area contributed by atoms with Crippen molar-refractivity contribution in [3.63, 3.8) is 0 Å². The lowest BCUT2D eigenvalue weighted by Gasteiger charge is -2.11. The summed E-state index contributed by atoms with van der Waals surface area (Å²) in [5.41, 5.74) is -0.372. The second-order valence-electron chi connectivity index (χ2n) is 3.40. The molecule has 0 heterocycles. The molecule has 0 bridgehead atoms. The van der Waals surface area contributed by atoms with E-state index in [-0.39, 0.29) is 16.2 Å². The molecule has 1 aromatic rings. The lowest BCUT2D eigenvalue weighted by Crippen LogP contribution is -2.15. The van der Waals surface area contributed by atoms with Crippen LogP contribution in [0.25, 0.3) is 0 Å². The molecule has 3 N–H and O–H groups in total. The quantitative estimate of drug-likeness (QED) is 0.810. The molecule has 0 radical (unpaired) electrons. The summed E-state index contributed by atoms with van der Waals surface area (Å²) in [6, 6.07) is 4.91. The highest BCUT2D eigenvalue weighted by molar-refractivity contribution is 7.89. The van der Waals surface area contributed by atoms with E-state index in [9.17, 15) is 13.2 Å². The normalized spacial score (nSPS) is 12.5. The molecule has 0 aromatic heterocycles. The van der Waals surface area contributed by atoms with E-state index < -0.39 is 22.1 Å². The first-order chi connectivity index (χ1) is 8.25. The van der Waals surface area contributed by atoms with Gasteiger partial charge in [0.1, 0.15) is 17.4 Å². The van der Waals surface area contributed by atoms with E-state index in [0.29, 0.717) is 0 Å². The van der Waals surface area contributed by atoms with Crippen molar-refractivity contribution in [1.29, 1.82) is 5.26 Å². The SMILES string of the molecule is CC(C#N)Oc1ccc(S(N)(=O)=O)cc1C(=O)O. The van der Waals surface area contributed by atoms with Crippen molar-refractivity contribution < 1.29 is 23.1 Å². The Kier molecular flexibility index (Phi) is 3.90. The van der Waals surface area contributed by atoms with Gasteiger partial charge in [0.2, 0.25) is 10.0 Å². The minimum atomic E-state index is -3.99. The average Bonchev–Trinajstić information content (AvgIpc) is 2.27. The Morgan fingerprint density at radius 2 is 2.17 bits per heavy atom. The molecule has 1 atom stereocenters. The number of nitrogens with zero attached hydrogens (tertiary/aromatic N) is 1. The molecule has 0 fully saturated rings.